The first kappa shape index (κ1) is 27.1. The van der Waals surface area contributed by atoms with E-state index in [1.165, 1.54) is 31.2 Å². The van der Waals surface area contributed by atoms with Crippen LogP contribution in [-0.4, -0.2) is 64.2 Å². The molecular weight excluding hydrogens is 500 g/mol. The predicted molar refractivity (Wildman–Crippen MR) is 159 cm³/mol. The maximum Gasteiger partial charge on any atom is 0.165 e. The molecule has 3 heterocycles. The van der Waals surface area contributed by atoms with Gasteiger partial charge in [-0.2, -0.15) is 0 Å². The van der Waals surface area contributed by atoms with E-state index in [-0.39, 0.29) is 11.5 Å². The van der Waals surface area contributed by atoms with Gasteiger partial charge in [-0.05, 0) is 80.9 Å². The first-order valence-electron chi connectivity index (χ1n) is 14.9. The minimum atomic E-state index is -0.412. The number of aliphatic hydroxyl groups is 1. The van der Waals surface area contributed by atoms with E-state index >= 15 is 0 Å². The first-order valence-corrected chi connectivity index (χ1v) is 14.9. The fourth-order valence-corrected chi connectivity index (χ4v) is 6.93. The number of rotatable bonds is 8. The second kappa shape index (κ2) is 10.4. The van der Waals surface area contributed by atoms with Gasteiger partial charge in [0.15, 0.2) is 11.5 Å². The second-order valence-corrected chi connectivity index (χ2v) is 13.5. The van der Waals surface area contributed by atoms with Gasteiger partial charge in [0, 0.05) is 25.0 Å². The van der Waals surface area contributed by atoms with Crippen LogP contribution in [0.3, 0.4) is 0 Å². The van der Waals surface area contributed by atoms with E-state index in [0.29, 0.717) is 35.0 Å². The lowest BCUT2D eigenvalue weighted by Crippen LogP contribution is -2.49. The molecule has 3 atom stereocenters. The lowest BCUT2D eigenvalue weighted by Gasteiger charge is -2.46. The minimum absolute atomic E-state index is 0.0317. The summed E-state index contributed by atoms with van der Waals surface area (Å²) in [7, 11) is 0. The maximum absolute atomic E-state index is 11.0. The average molecular weight is 545 g/mol. The number of H-pyrrole nitrogens is 1. The van der Waals surface area contributed by atoms with Crippen molar-refractivity contribution in [2.45, 2.75) is 103 Å². The zero-order chi connectivity index (χ0) is 28.2. The van der Waals surface area contributed by atoms with Crippen molar-refractivity contribution in [3.63, 3.8) is 0 Å². The highest BCUT2D eigenvalue weighted by Gasteiger charge is 2.40. The van der Waals surface area contributed by atoms with Crippen LogP contribution < -0.4 is 5.73 Å². The Bertz CT molecular complexity index is 1480. The largest absolute Gasteiger partial charge is 0.391 e. The highest BCUT2D eigenvalue weighted by molar-refractivity contribution is 5.81. The van der Waals surface area contributed by atoms with E-state index in [0.717, 1.165) is 48.6 Å². The van der Waals surface area contributed by atoms with Crippen LogP contribution in [0.25, 0.3) is 22.2 Å². The van der Waals surface area contributed by atoms with Crippen LogP contribution in [0.5, 0.6) is 0 Å². The zero-order valence-electron chi connectivity index (χ0n) is 24.5. The number of aromatic nitrogens is 6. The molecule has 4 aromatic rings. The molecule has 0 aliphatic heterocycles. The molecule has 2 saturated carbocycles. The molecule has 0 bridgehead atoms. The van der Waals surface area contributed by atoms with Crippen molar-refractivity contribution in [1.29, 1.82) is 0 Å². The predicted octanol–water partition coefficient (Wildman–Crippen LogP) is 5.02. The molecule has 6 rings (SSSR count). The molecule has 40 heavy (non-hydrogen) atoms. The van der Waals surface area contributed by atoms with Gasteiger partial charge in [-0.1, -0.05) is 26.8 Å². The van der Waals surface area contributed by atoms with E-state index in [9.17, 15) is 5.11 Å². The molecule has 214 valence electrons. The Morgan fingerprint density at radius 2 is 1.90 bits per heavy atom. The molecule has 9 heteroatoms. The van der Waals surface area contributed by atoms with Gasteiger partial charge in [0.2, 0.25) is 0 Å². The molecule has 3 aromatic heterocycles. The van der Waals surface area contributed by atoms with Gasteiger partial charge in [-0.15, -0.1) is 0 Å². The Hall–Kier alpha value is -3.04. The van der Waals surface area contributed by atoms with E-state index in [1.54, 1.807) is 6.33 Å². The fourth-order valence-electron chi connectivity index (χ4n) is 6.93. The molecule has 9 nitrogen and oxygen atoms in total. The maximum atomic E-state index is 11.0. The Kier molecular flexibility index (Phi) is 7.07. The van der Waals surface area contributed by atoms with E-state index in [4.69, 9.17) is 10.7 Å². The van der Waals surface area contributed by atoms with Crippen LogP contribution in [0, 0.1) is 11.8 Å². The van der Waals surface area contributed by atoms with Crippen molar-refractivity contribution in [3.8, 4) is 0 Å². The topological polar surface area (TPSA) is 122 Å². The standard InChI is InChI=1S/C31H44N8O/c1-18(2)38(15-20-12-25(26(40)13-20)39-17-35-28-29(32)33-16-34-30(28)39)22-10-19(11-22)6-9-27-36-23-8-7-21(31(3,4)5)14-24(23)37-27/h7-8,14,16-20,22,25-26,40H,6,9-13,15H2,1-5H3,(H,36,37)(H2,32,33,34)/t19?,20-,22?,25+,26+/m0/s1. The number of nitrogen functional groups attached to an aromatic ring is 1. The van der Waals surface area contributed by atoms with Gasteiger partial charge in [0.05, 0.1) is 29.5 Å². The fraction of sp³-hybridized carbons (Fsp3) is 0.613. The number of hydrogen-bond donors (Lipinski definition) is 3. The molecule has 0 spiro atoms. The number of fused-ring (bicyclic) bond motifs is 2. The molecule has 0 radical (unpaired) electrons. The first-order chi connectivity index (χ1) is 19.1. The molecule has 2 aliphatic rings. The van der Waals surface area contributed by atoms with Crippen LogP contribution in [0.15, 0.2) is 30.9 Å². The lowest BCUT2D eigenvalue weighted by atomic mass is 9.76. The smallest absolute Gasteiger partial charge is 0.165 e. The summed E-state index contributed by atoms with van der Waals surface area (Å²) in [4.78, 5) is 24.0. The summed E-state index contributed by atoms with van der Waals surface area (Å²) >= 11 is 0. The molecule has 0 saturated heterocycles. The number of anilines is 1. The minimum Gasteiger partial charge on any atom is -0.391 e. The lowest BCUT2D eigenvalue weighted by molar-refractivity contribution is 0.0355. The summed E-state index contributed by atoms with van der Waals surface area (Å²) < 4.78 is 2.00. The SMILES string of the molecule is CC(C)N(C[C@@H]1C[C@@H](O)[C@H](n2cnc3c(N)ncnc32)C1)C1CC(CCc2nc3ccc(C(C)(C)C)cc3[nH]2)C1. The summed E-state index contributed by atoms with van der Waals surface area (Å²) in [6, 6.07) is 7.69. The summed E-state index contributed by atoms with van der Waals surface area (Å²) in [5.41, 5.74) is 11.0. The van der Waals surface area contributed by atoms with Crippen molar-refractivity contribution in [2.24, 2.45) is 11.8 Å². The van der Waals surface area contributed by atoms with Crippen molar-refractivity contribution < 1.29 is 5.11 Å². The monoisotopic (exact) mass is 544 g/mol. The normalized spacial score (nSPS) is 25.4. The molecule has 0 amide bonds. The third-order valence-electron chi connectivity index (χ3n) is 9.34. The highest BCUT2D eigenvalue weighted by atomic mass is 16.3. The van der Waals surface area contributed by atoms with Crippen molar-refractivity contribution >= 4 is 28.0 Å². The molecule has 4 N–H and O–H groups in total. The van der Waals surface area contributed by atoms with Gasteiger partial charge in [-0.25, -0.2) is 19.9 Å². The number of aryl methyl sites for hydroxylation is 1. The number of hydrogen-bond acceptors (Lipinski definition) is 7. The van der Waals surface area contributed by atoms with Crippen LogP contribution in [0.4, 0.5) is 5.82 Å². The Labute approximate surface area is 236 Å². The number of benzene rings is 1. The third-order valence-corrected chi connectivity index (χ3v) is 9.34. The number of imidazole rings is 2. The number of aromatic amines is 1. The van der Waals surface area contributed by atoms with Gasteiger partial charge < -0.3 is 20.4 Å². The summed E-state index contributed by atoms with van der Waals surface area (Å²) in [6.07, 6.45) is 9.20. The van der Waals surface area contributed by atoms with Crippen LogP contribution >= 0.6 is 0 Å². The average Bonchev–Trinajstić information content (AvgIpc) is 3.57. The van der Waals surface area contributed by atoms with Crippen LogP contribution in [-0.2, 0) is 11.8 Å². The number of aliphatic hydroxyl groups excluding tert-OH is 1. The number of nitrogens with zero attached hydrogens (tertiary/aromatic N) is 6. The molecular formula is C31H44N8O. The highest BCUT2D eigenvalue weighted by Crippen LogP contribution is 2.41. The van der Waals surface area contributed by atoms with Crippen LogP contribution in [0.2, 0.25) is 0 Å². The molecule has 2 aliphatic carbocycles. The van der Waals surface area contributed by atoms with Crippen molar-refractivity contribution in [3.05, 3.63) is 42.2 Å². The number of nitrogens with two attached hydrogens (primary N) is 1. The number of nitrogens with one attached hydrogen (secondary N) is 1. The molecule has 2 fully saturated rings. The van der Waals surface area contributed by atoms with Crippen molar-refractivity contribution in [2.75, 3.05) is 12.3 Å². The Morgan fingerprint density at radius 1 is 1.10 bits per heavy atom. The quantitative estimate of drug-likeness (QED) is 0.285. The van der Waals surface area contributed by atoms with Crippen LogP contribution in [0.1, 0.15) is 84.2 Å². The summed E-state index contributed by atoms with van der Waals surface area (Å²) in [5.74, 6) is 2.67. The summed E-state index contributed by atoms with van der Waals surface area (Å²) in [5, 5.41) is 11.0. The van der Waals surface area contributed by atoms with Crippen molar-refractivity contribution in [1.82, 2.24) is 34.4 Å². The van der Waals surface area contributed by atoms with E-state index < -0.39 is 6.10 Å². The Balaban J connectivity index is 1.03. The van der Waals surface area contributed by atoms with Gasteiger partial charge in [0.25, 0.3) is 0 Å². The Morgan fingerprint density at radius 3 is 2.65 bits per heavy atom. The van der Waals surface area contributed by atoms with Gasteiger partial charge in [-0.3, -0.25) is 4.90 Å². The van der Waals surface area contributed by atoms with E-state index in [1.807, 2.05) is 4.57 Å². The third kappa shape index (κ3) is 5.21. The zero-order valence-corrected chi connectivity index (χ0v) is 24.5. The van der Waals surface area contributed by atoms with Gasteiger partial charge in [0.1, 0.15) is 17.7 Å². The van der Waals surface area contributed by atoms with Gasteiger partial charge >= 0.3 is 0 Å². The summed E-state index contributed by atoms with van der Waals surface area (Å²) in [6.45, 7) is 12.4. The molecule has 1 aromatic carbocycles. The van der Waals surface area contributed by atoms with E-state index in [2.05, 4.69) is 77.7 Å². The molecule has 0 unspecified atom stereocenters. The second-order valence-electron chi connectivity index (χ2n) is 13.5.